The lowest BCUT2D eigenvalue weighted by Gasteiger charge is -2.35. The molecule has 0 N–H and O–H groups in total. The van der Waals surface area contributed by atoms with Crippen LogP contribution in [-0.2, 0) is 16.5 Å². The lowest BCUT2D eigenvalue weighted by Crippen LogP contribution is -2.41. The van der Waals surface area contributed by atoms with Crippen molar-refractivity contribution in [2.75, 3.05) is 49.8 Å². The van der Waals surface area contributed by atoms with Gasteiger partial charge in [0.15, 0.2) is 5.82 Å². The summed E-state index contributed by atoms with van der Waals surface area (Å²) < 4.78 is 27.4. The van der Waals surface area contributed by atoms with Gasteiger partial charge in [-0.25, -0.2) is 9.37 Å². The number of likely N-dealkylation sites (N-methyl/N-ethyl adjacent to an activating group) is 1. The maximum absolute atomic E-state index is 14.3. The van der Waals surface area contributed by atoms with Gasteiger partial charge in [0.25, 0.3) is 5.56 Å². The minimum absolute atomic E-state index is 0.166. The Balaban J connectivity index is 1.37. The van der Waals surface area contributed by atoms with E-state index in [9.17, 15) is 9.18 Å². The van der Waals surface area contributed by atoms with Crippen LogP contribution in [-0.4, -0.2) is 60.5 Å². The van der Waals surface area contributed by atoms with Gasteiger partial charge in [-0.15, -0.1) is 0 Å². The van der Waals surface area contributed by atoms with Gasteiger partial charge in [-0.2, -0.15) is 0 Å². The van der Waals surface area contributed by atoms with Crippen molar-refractivity contribution in [1.82, 2.24) is 14.5 Å². The first-order valence-electron chi connectivity index (χ1n) is 11.5. The molecule has 0 bridgehead atoms. The average molecular weight is 466 g/mol. The largest absolute Gasteiger partial charge is 0.379 e. The quantitative estimate of drug-likeness (QED) is 0.574. The molecule has 1 aromatic carbocycles. The van der Waals surface area contributed by atoms with E-state index in [-0.39, 0.29) is 17.2 Å². The average Bonchev–Trinajstić information content (AvgIpc) is 3.41. The summed E-state index contributed by atoms with van der Waals surface area (Å²) in [5.74, 6) is -0.0205. The minimum Gasteiger partial charge on any atom is -0.379 e. The Morgan fingerprint density at radius 3 is 2.74 bits per heavy atom. The van der Waals surface area contributed by atoms with Gasteiger partial charge in [0.2, 0.25) is 5.95 Å². The van der Waals surface area contributed by atoms with Crippen LogP contribution < -0.4 is 15.4 Å². The van der Waals surface area contributed by atoms with Gasteiger partial charge >= 0.3 is 0 Å². The summed E-state index contributed by atoms with van der Waals surface area (Å²) in [6.45, 7) is 3.18. The Labute approximate surface area is 197 Å². The second kappa shape index (κ2) is 9.52. The molecule has 2 saturated heterocycles. The molecule has 0 aliphatic carbocycles. The van der Waals surface area contributed by atoms with E-state index in [2.05, 4.69) is 46.2 Å². The molecule has 0 amide bonds. The van der Waals surface area contributed by atoms with Crippen LogP contribution in [0.25, 0.3) is 11.3 Å². The molecule has 2 atom stereocenters. The minimum atomic E-state index is -0.511. The Morgan fingerprint density at radius 1 is 1.18 bits per heavy atom. The standard InChI is InChI=1S/C25H28FN5O3/c1-29(19-8-11-33-16-19)18-5-3-17(4-6-18)23-15-31(10-12-34-23)25-28-22(13-24(32)30(25)2)20-7-9-27-14-21(20)26/h3-7,9,13-14,19,23H,8,10-12,15-16H2,1-2H3/t19?,23-/m1/s1. The third kappa shape index (κ3) is 4.41. The van der Waals surface area contributed by atoms with E-state index in [1.54, 1.807) is 7.05 Å². The summed E-state index contributed by atoms with van der Waals surface area (Å²) in [6, 6.07) is 11.7. The van der Waals surface area contributed by atoms with E-state index in [1.165, 1.54) is 22.9 Å². The molecule has 0 saturated carbocycles. The highest BCUT2D eigenvalue weighted by Gasteiger charge is 2.26. The van der Waals surface area contributed by atoms with Gasteiger partial charge in [0, 0.05) is 50.8 Å². The summed E-state index contributed by atoms with van der Waals surface area (Å²) in [7, 11) is 3.77. The molecule has 2 aromatic heterocycles. The van der Waals surface area contributed by atoms with Gasteiger partial charge < -0.3 is 19.3 Å². The van der Waals surface area contributed by atoms with Gasteiger partial charge in [0.05, 0.1) is 37.7 Å². The predicted molar refractivity (Wildman–Crippen MR) is 128 cm³/mol. The van der Waals surface area contributed by atoms with Crippen LogP contribution in [0.1, 0.15) is 18.1 Å². The van der Waals surface area contributed by atoms with E-state index < -0.39 is 5.82 Å². The molecular weight excluding hydrogens is 437 g/mol. The molecule has 5 rings (SSSR count). The zero-order valence-corrected chi connectivity index (χ0v) is 19.4. The van der Waals surface area contributed by atoms with Gasteiger partial charge in [-0.3, -0.25) is 14.3 Å². The first-order valence-corrected chi connectivity index (χ1v) is 11.5. The van der Waals surface area contributed by atoms with Crippen molar-refractivity contribution >= 4 is 11.6 Å². The summed E-state index contributed by atoms with van der Waals surface area (Å²) in [5.41, 5.74) is 2.51. The molecule has 34 heavy (non-hydrogen) atoms. The molecule has 8 nitrogen and oxygen atoms in total. The molecule has 0 radical (unpaired) electrons. The number of morpholine rings is 1. The second-order valence-electron chi connectivity index (χ2n) is 8.72. The lowest BCUT2D eigenvalue weighted by atomic mass is 10.1. The summed E-state index contributed by atoms with van der Waals surface area (Å²) in [4.78, 5) is 25.4. The molecule has 2 aliphatic heterocycles. The molecule has 3 aromatic rings. The highest BCUT2D eigenvalue weighted by Crippen LogP contribution is 2.29. The summed E-state index contributed by atoms with van der Waals surface area (Å²) in [5, 5.41) is 0. The van der Waals surface area contributed by atoms with Crippen molar-refractivity contribution in [3.8, 4) is 11.3 Å². The molecule has 4 heterocycles. The molecule has 178 valence electrons. The monoisotopic (exact) mass is 465 g/mol. The van der Waals surface area contributed by atoms with Crippen LogP contribution in [0.5, 0.6) is 0 Å². The van der Waals surface area contributed by atoms with Gasteiger partial charge in [-0.1, -0.05) is 12.1 Å². The topological polar surface area (TPSA) is 72.7 Å². The van der Waals surface area contributed by atoms with Crippen LogP contribution in [0.3, 0.4) is 0 Å². The van der Waals surface area contributed by atoms with E-state index in [4.69, 9.17) is 9.47 Å². The van der Waals surface area contributed by atoms with Crippen molar-refractivity contribution in [2.45, 2.75) is 18.6 Å². The van der Waals surface area contributed by atoms with Crippen LogP contribution in [0.4, 0.5) is 16.0 Å². The number of anilines is 2. The van der Waals surface area contributed by atoms with E-state index in [1.807, 2.05) is 4.90 Å². The Bertz CT molecular complexity index is 1210. The SMILES string of the molecule is CN(c1ccc([C@H]2CN(c3nc(-c4ccncc4F)cc(=O)n3C)CCO2)cc1)C1CCOC1. The van der Waals surface area contributed by atoms with Crippen molar-refractivity contribution in [3.05, 3.63) is 70.5 Å². The fourth-order valence-corrected chi connectivity index (χ4v) is 4.53. The maximum atomic E-state index is 14.3. The first-order chi connectivity index (χ1) is 16.5. The fraction of sp³-hybridized carbons (Fsp3) is 0.400. The van der Waals surface area contributed by atoms with Gasteiger partial charge in [0.1, 0.15) is 6.10 Å². The number of halogens is 1. The van der Waals surface area contributed by atoms with Crippen LogP contribution >= 0.6 is 0 Å². The van der Waals surface area contributed by atoms with E-state index >= 15 is 0 Å². The molecule has 0 spiro atoms. The summed E-state index contributed by atoms with van der Waals surface area (Å²) in [6.07, 6.45) is 3.48. The number of benzene rings is 1. The zero-order chi connectivity index (χ0) is 23.7. The van der Waals surface area contributed by atoms with Crippen LogP contribution in [0, 0.1) is 5.82 Å². The van der Waals surface area contributed by atoms with Crippen molar-refractivity contribution in [1.29, 1.82) is 0 Å². The number of aromatic nitrogens is 3. The number of rotatable bonds is 5. The normalized spacial score (nSPS) is 20.5. The van der Waals surface area contributed by atoms with Crippen LogP contribution in [0.2, 0.25) is 0 Å². The highest BCUT2D eigenvalue weighted by molar-refractivity contribution is 5.60. The fourth-order valence-electron chi connectivity index (χ4n) is 4.53. The molecule has 2 aliphatic rings. The Kier molecular flexibility index (Phi) is 6.30. The maximum Gasteiger partial charge on any atom is 0.255 e. The third-order valence-corrected chi connectivity index (χ3v) is 6.63. The zero-order valence-electron chi connectivity index (χ0n) is 19.4. The highest BCUT2D eigenvalue weighted by atomic mass is 19.1. The third-order valence-electron chi connectivity index (χ3n) is 6.63. The van der Waals surface area contributed by atoms with Crippen LogP contribution in [0.15, 0.2) is 53.6 Å². The molecule has 1 unspecified atom stereocenters. The smallest absolute Gasteiger partial charge is 0.255 e. The van der Waals surface area contributed by atoms with Crippen molar-refractivity contribution in [2.24, 2.45) is 7.05 Å². The number of pyridine rings is 1. The molecule has 2 fully saturated rings. The van der Waals surface area contributed by atoms with E-state index in [0.29, 0.717) is 37.4 Å². The van der Waals surface area contributed by atoms with Gasteiger partial charge in [-0.05, 0) is 30.2 Å². The second-order valence-corrected chi connectivity index (χ2v) is 8.72. The predicted octanol–water partition coefficient (Wildman–Crippen LogP) is 2.78. The lowest BCUT2D eigenvalue weighted by molar-refractivity contribution is 0.0390. The van der Waals surface area contributed by atoms with Crippen molar-refractivity contribution in [3.63, 3.8) is 0 Å². The number of ether oxygens (including phenoxy) is 2. The first kappa shape index (κ1) is 22.5. The summed E-state index contributed by atoms with van der Waals surface area (Å²) >= 11 is 0. The molecule has 9 heteroatoms. The molecular formula is C25H28FN5O3. The Hall–Kier alpha value is -3.30. The number of hydrogen-bond acceptors (Lipinski definition) is 7. The Morgan fingerprint density at radius 2 is 2.00 bits per heavy atom. The number of nitrogens with zero attached hydrogens (tertiary/aromatic N) is 5. The number of hydrogen-bond donors (Lipinski definition) is 0. The van der Waals surface area contributed by atoms with E-state index in [0.717, 1.165) is 37.1 Å². The van der Waals surface area contributed by atoms with Crippen molar-refractivity contribution < 1.29 is 13.9 Å².